The van der Waals surface area contributed by atoms with Crippen molar-refractivity contribution in [1.29, 1.82) is 0 Å². The van der Waals surface area contributed by atoms with Gasteiger partial charge in [0.1, 0.15) is 0 Å². The Balaban J connectivity index is 2.02. The molecular formula is C15H18N2O4. The van der Waals surface area contributed by atoms with Gasteiger partial charge < -0.3 is 9.84 Å². The number of hydrogen-bond donors (Lipinski definition) is 2. The Morgan fingerprint density at radius 3 is 2.71 bits per heavy atom. The zero-order valence-corrected chi connectivity index (χ0v) is 11.8. The molecule has 21 heavy (non-hydrogen) atoms. The molecule has 0 saturated heterocycles. The summed E-state index contributed by atoms with van der Waals surface area (Å²) in [5.41, 5.74) is 4.56. The second-order valence-electron chi connectivity index (χ2n) is 4.79. The minimum Gasteiger partial charge on any atom is -0.478 e. The van der Waals surface area contributed by atoms with E-state index in [1.54, 1.807) is 19.1 Å². The van der Waals surface area contributed by atoms with Crippen LogP contribution in [0.4, 0.5) is 5.69 Å². The van der Waals surface area contributed by atoms with Crippen LogP contribution in [-0.2, 0) is 9.53 Å². The molecule has 2 rings (SSSR count). The summed E-state index contributed by atoms with van der Waals surface area (Å²) in [5, 5.41) is 13.1. The molecule has 1 saturated carbocycles. The first-order valence-electron chi connectivity index (χ1n) is 6.94. The van der Waals surface area contributed by atoms with Crippen LogP contribution in [0.3, 0.4) is 0 Å². The third kappa shape index (κ3) is 3.81. The summed E-state index contributed by atoms with van der Waals surface area (Å²) in [6.45, 7) is 2.15. The van der Waals surface area contributed by atoms with Crippen LogP contribution in [-0.4, -0.2) is 29.4 Å². The standard InChI is InChI=1S/C15H18N2O4/c1-2-21-15(20)12-4-3-5-13(12)17-16-11-8-6-10(7-9-11)14(18)19/h6-9,12,16H,2-5H2,1H3,(H,18,19). The Labute approximate surface area is 122 Å². The van der Waals surface area contributed by atoms with Gasteiger partial charge in [-0.15, -0.1) is 0 Å². The second kappa shape index (κ2) is 6.88. The molecule has 2 N–H and O–H groups in total. The lowest BCUT2D eigenvalue weighted by atomic mass is 10.1. The molecule has 0 radical (unpaired) electrons. The Bertz CT molecular complexity index is 551. The average Bonchev–Trinajstić information content (AvgIpc) is 2.94. The molecule has 0 amide bonds. The number of hydrogen-bond acceptors (Lipinski definition) is 5. The number of carboxylic acid groups (broad SMARTS) is 1. The summed E-state index contributed by atoms with van der Waals surface area (Å²) in [4.78, 5) is 22.5. The number of nitrogens with zero attached hydrogens (tertiary/aromatic N) is 1. The first-order chi connectivity index (χ1) is 10.1. The Kier molecular flexibility index (Phi) is 4.92. The molecule has 0 spiro atoms. The highest BCUT2D eigenvalue weighted by Gasteiger charge is 2.30. The number of ether oxygens (including phenoxy) is 1. The van der Waals surface area contributed by atoms with E-state index in [-0.39, 0.29) is 17.5 Å². The monoisotopic (exact) mass is 290 g/mol. The topological polar surface area (TPSA) is 88.0 Å². The maximum absolute atomic E-state index is 11.8. The van der Waals surface area contributed by atoms with Crippen molar-refractivity contribution in [2.24, 2.45) is 11.0 Å². The number of anilines is 1. The van der Waals surface area contributed by atoms with Gasteiger partial charge in [-0.25, -0.2) is 4.79 Å². The van der Waals surface area contributed by atoms with Crippen LogP contribution in [0.15, 0.2) is 29.4 Å². The van der Waals surface area contributed by atoms with Crippen LogP contribution in [0.1, 0.15) is 36.5 Å². The third-order valence-electron chi connectivity index (χ3n) is 3.36. The van der Waals surface area contributed by atoms with Crippen LogP contribution in [0.2, 0.25) is 0 Å². The summed E-state index contributed by atoms with van der Waals surface area (Å²) in [6, 6.07) is 6.29. The molecule has 6 heteroatoms. The van der Waals surface area contributed by atoms with E-state index in [1.165, 1.54) is 12.1 Å². The highest BCUT2D eigenvalue weighted by molar-refractivity contribution is 6.03. The van der Waals surface area contributed by atoms with Crippen molar-refractivity contribution in [3.05, 3.63) is 29.8 Å². The predicted molar refractivity (Wildman–Crippen MR) is 78.4 cm³/mol. The fraction of sp³-hybridized carbons (Fsp3) is 0.400. The maximum Gasteiger partial charge on any atom is 0.335 e. The summed E-state index contributed by atoms with van der Waals surface area (Å²) in [7, 11) is 0. The zero-order valence-electron chi connectivity index (χ0n) is 11.8. The number of hydrazone groups is 1. The van der Waals surface area contributed by atoms with E-state index in [4.69, 9.17) is 9.84 Å². The van der Waals surface area contributed by atoms with Crippen molar-refractivity contribution in [2.45, 2.75) is 26.2 Å². The van der Waals surface area contributed by atoms with Gasteiger partial charge in [-0.05, 0) is 50.5 Å². The van der Waals surface area contributed by atoms with Crippen molar-refractivity contribution >= 4 is 23.3 Å². The summed E-state index contributed by atoms with van der Waals surface area (Å²) in [5.74, 6) is -1.46. The second-order valence-corrected chi connectivity index (χ2v) is 4.79. The molecule has 0 bridgehead atoms. The van der Waals surface area contributed by atoms with E-state index in [0.29, 0.717) is 12.3 Å². The summed E-state index contributed by atoms with van der Waals surface area (Å²) >= 11 is 0. The SMILES string of the molecule is CCOC(=O)C1CCCC1=NNc1ccc(C(=O)O)cc1. The van der Waals surface area contributed by atoms with E-state index in [0.717, 1.165) is 25.0 Å². The minimum atomic E-state index is -0.967. The van der Waals surface area contributed by atoms with Gasteiger partial charge >= 0.3 is 11.9 Å². The van der Waals surface area contributed by atoms with Crippen LogP contribution in [0, 0.1) is 5.92 Å². The van der Waals surface area contributed by atoms with Crippen LogP contribution < -0.4 is 5.43 Å². The Morgan fingerprint density at radius 1 is 1.38 bits per heavy atom. The Hall–Kier alpha value is -2.37. The highest BCUT2D eigenvalue weighted by atomic mass is 16.5. The largest absolute Gasteiger partial charge is 0.478 e. The van der Waals surface area contributed by atoms with Gasteiger partial charge in [-0.1, -0.05) is 0 Å². The van der Waals surface area contributed by atoms with Gasteiger partial charge in [-0.3, -0.25) is 10.2 Å². The molecule has 0 aliphatic heterocycles. The van der Waals surface area contributed by atoms with Crippen LogP contribution in [0.5, 0.6) is 0 Å². The number of rotatable bonds is 5. The molecule has 1 aromatic carbocycles. The normalized spacial score (nSPS) is 19.5. The summed E-state index contributed by atoms with van der Waals surface area (Å²) in [6.07, 6.45) is 2.45. The number of esters is 1. The quantitative estimate of drug-likeness (QED) is 0.642. The molecule has 1 aromatic rings. The predicted octanol–water partition coefficient (Wildman–Crippen LogP) is 2.52. The number of aromatic carboxylic acids is 1. The van der Waals surface area contributed by atoms with Crippen molar-refractivity contribution in [3.63, 3.8) is 0 Å². The fourth-order valence-corrected chi connectivity index (χ4v) is 2.28. The minimum absolute atomic E-state index is 0.221. The molecular weight excluding hydrogens is 272 g/mol. The molecule has 0 heterocycles. The van der Waals surface area contributed by atoms with Crippen LogP contribution in [0.25, 0.3) is 0 Å². The first kappa shape index (κ1) is 15.0. The number of carbonyl (C=O) groups is 2. The van der Waals surface area contributed by atoms with E-state index in [2.05, 4.69) is 10.5 Å². The van der Waals surface area contributed by atoms with Gasteiger partial charge in [0.2, 0.25) is 0 Å². The Morgan fingerprint density at radius 2 is 2.10 bits per heavy atom. The zero-order chi connectivity index (χ0) is 15.2. The van der Waals surface area contributed by atoms with Gasteiger partial charge in [0.25, 0.3) is 0 Å². The molecule has 1 aliphatic rings. The number of nitrogens with one attached hydrogen (secondary N) is 1. The van der Waals surface area contributed by atoms with E-state index >= 15 is 0 Å². The maximum atomic E-state index is 11.8. The fourth-order valence-electron chi connectivity index (χ4n) is 2.28. The van der Waals surface area contributed by atoms with Gasteiger partial charge in [0, 0.05) is 0 Å². The average molecular weight is 290 g/mol. The van der Waals surface area contributed by atoms with Crippen LogP contribution >= 0.6 is 0 Å². The van der Waals surface area contributed by atoms with E-state index < -0.39 is 5.97 Å². The van der Waals surface area contributed by atoms with E-state index in [9.17, 15) is 9.59 Å². The van der Waals surface area contributed by atoms with Crippen molar-refractivity contribution in [3.8, 4) is 0 Å². The summed E-state index contributed by atoms with van der Waals surface area (Å²) < 4.78 is 5.04. The molecule has 0 aromatic heterocycles. The molecule has 112 valence electrons. The smallest absolute Gasteiger partial charge is 0.335 e. The molecule has 1 aliphatic carbocycles. The third-order valence-corrected chi connectivity index (χ3v) is 3.36. The lowest BCUT2D eigenvalue weighted by molar-refractivity contribution is -0.145. The lowest BCUT2D eigenvalue weighted by Gasteiger charge is -2.10. The van der Waals surface area contributed by atoms with Gasteiger partial charge in [0.15, 0.2) is 0 Å². The highest BCUT2D eigenvalue weighted by Crippen LogP contribution is 2.24. The van der Waals surface area contributed by atoms with Crippen molar-refractivity contribution < 1.29 is 19.4 Å². The molecule has 1 atom stereocenters. The van der Waals surface area contributed by atoms with Crippen molar-refractivity contribution in [2.75, 3.05) is 12.0 Å². The number of carboxylic acids is 1. The number of carbonyl (C=O) groups excluding carboxylic acids is 1. The van der Waals surface area contributed by atoms with Crippen molar-refractivity contribution in [1.82, 2.24) is 0 Å². The number of benzene rings is 1. The lowest BCUT2D eigenvalue weighted by Crippen LogP contribution is -2.22. The van der Waals surface area contributed by atoms with E-state index in [1.807, 2.05) is 0 Å². The molecule has 1 fully saturated rings. The molecule has 6 nitrogen and oxygen atoms in total. The van der Waals surface area contributed by atoms with Gasteiger partial charge in [0.05, 0.1) is 29.5 Å². The molecule has 1 unspecified atom stereocenters. The van der Waals surface area contributed by atoms with Gasteiger partial charge in [-0.2, -0.15) is 5.10 Å². The first-order valence-corrected chi connectivity index (χ1v) is 6.94.